The first kappa shape index (κ1) is 12.0. The van der Waals surface area contributed by atoms with Crippen LogP contribution in [0, 0.1) is 0 Å². The van der Waals surface area contributed by atoms with Gasteiger partial charge in [-0.25, -0.2) is 4.79 Å². The Labute approximate surface area is 101 Å². The number of carbonyl (C=O) groups is 1. The molecule has 0 unspecified atom stereocenters. The van der Waals surface area contributed by atoms with Crippen molar-refractivity contribution < 1.29 is 9.53 Å². The lowest BCUT2D eigenvalue weighted by molar-refractivity contribution is 0.0159. The van der Waals surface area contributed by atoms with Crippen LogP contribution in [-0.4, -0.2) is 33.3 Å². The summed E-state index contributed by atoms with van der Waals surface area (Å²) in [6.45, 7) is 8.29. The average molecular weight is 237 g/mol. The predicted octanol–water partition coefficient (Wildman–Crippen LogP) is 2.26. The van der Waals surface area contributed by atoms with Gasteiger partial charge in [-0.15, -0.1) is 0 Å². The zero-order valence-electron chi connectivity index (χ0n) is 10.8. The van der Waals surface area contributed by atoms with E-state index in [1.54, 1.807) is 4.90 Å². The fourth-order valence-electron chi connectivity index (χ4n) is 2.05. The molecule has 1 N–H and O–H groups in total. The second kappa shape index (κ2) is 4.05. The number of rotatable bonds is 0. The highest BCUT2D eigenvalue weighted by Crippen LogP contribution is 2.28. The van der Waals surface area contributed by atoms with E-state index in [9.17, 15) is 4.79 Å². The van der Waals surface area contributed by atoms with Crippen molar-refractivity contribution in [2.24, 2.45) is 0 Å². The maximum absolute atomic E-state index is 12.0. The first-order chi connectivity index (χ1) is 7.88. The van der Waals surface area contributed by atoms with Gasteiger partial charge in [-0.05, 0) is 27.7 Å². The number of nitrogens with one attached hydrogen (secondary N) is 1. The number of nitrogens with zero attached hydrogens (tertiary/aromatic N) is 2. The Morgan fingerprint density at radius 3 is 2.94 bits per heavy atom. The minimum absolute atomic E-state index is 0.0207. The van der Waals surface area contributed by atoms with Crippen LogP contribution >= 0.6 is 0 Å². The summed E-state index contributed by atoms with van der Waals surface area (Å²) in [5, 5.41) is 7.02. The van der Waals surface area contributed by atoms with Gasteiger partial charge in [-0.1, -0.05) is 0 Å². The van der Waals surface area contributed by atoms with E-state index in [0.29, 0.717) is 6.54 Å². The van der Waals surface area contributed by atoms with Crippen LogP contribution in [-0.2, 0) is 11.2 Å². The van der Waals surface area contributed by atoms with Crippen molar-refractivity contribution in [1.82, 2.24) is 15.1 Å². The predicted molar refractivity (Wildman–Crippen MR) is 63.6 cm³/mol. The number of hydrogen-bond donors (Lipinski definition) is 1. The highest BCUT2D eigenvalue weighted by molar-refractivity contribution is 5.69. The lowest BCUT2D eigenvalue weighted by Gasteiger charge is -2.34. The van der Waals surface area contributed by atoms with E-state index in [1.807, 2.05) is 33.9 Å². The van der Waals surface area contributed by atoms with E-state index in [0.717, 1.165) is 17.7 Å². The summed E-state index contributed by atoms with van der Waals surface area (Å²) in [6.07, 6.45) is 2.38. The largest absolute Gasteiger partial charge is 0.444 e. The number of fused-ring (bicyclic) bond motifs is 1. The number of hydrogen-bond acceptors (Lipinski definition) is 3. The van der Waals surface area contributed by atoms with Crippen molar-refractivity contribution in [3.8, 4) is 0 Å². The molecule has 2 rings (SSSR count). The Hall–Kier alpha value is -1.52. The summed E-state index contributed by atoms with van der Waals surface area (Å²) in [5.41, 5.74) is 1.69. The number of aromatic amines is 1. The summed E-state index contributed by atoms with van der Waals surface area (Å²) < 4.78 is 5.40. The van der Waals surface area contributed by atoms with Crippen LogP contribution in [0.1, 0.15) is 45.0 Å². The van der Waals surface area contributed by atoms with Crippen molar-refractivity contribution in [1.29, 1.82) is 0 Å². The summed E-state index contributed by atoms with van der Waals surface area (Å²) in [5.74, 6) is 0. The number of aromatic nitrogens is 2. The summed E-state index contributed by atoms with van der Waals surface area (Å²) in [4.78, 5) is 13.8. The van der Waals surface area contributed by atoms with Crippen LogP contribution in [0.4, 0.5) is 4.79 Å². The normalized spacial score (nSPS) is 20.0. The van der Waals surface area contributed by atoms with Crippen LogP contribution < -0.4 is 0 Å². The first-order valence-corrected chi connectivity index (χ1v) is 5.90. The molecule has 94 valence electrons. The molecule has 5 heteroatoms. The summed E-state index contributed by atoms with van der Waals surface area (Å²) >= 11 is 0. The molecule has 5 nitrogen and oxygen atoms in total. The van der Waals surface area contributed by atoms with Crippen molar-refractivity contribution in [3.63, 3.8) is 0 Å². The van der Waals surface area contributed by atoms with Crippen LogP contribution in [0.15, 0.2) is 6.20 Å². The van der Waals surface area contributed by atoms with Gasteiger partial charge in [0.05, 0.1) is 11.7 Å². The SMILES string of the molecule is C[C@H]1c2c[nH]nc2CCN1C(=O)OC(C)(C)C. The van der Waals surface area contributed by atoms with Gasteiger partial charge < -0.3 is 9.64 Å². The van der Waals surface area contributed by atoms with Gasteiger partial charge in [0, 0.05) is 24.7 Å². The topological polar surface area (TPSA) is 58.2 Å². The smallest absolute Gasteiger partial charge is 0.410 e. The fraction of sp³-hybridized carbons (Fsp3) is 0.667. The van der Waals surface area contributed by atoms with Crippen molar-refractivity contribution in [3.05, 3.63) is 17.5 Å². The van der Waals surface area contributed by atoms with Gasteiger partial charge in [0.15, 0.2) is 0 Å². The van der Waals surface area contributed by atoms with Gasteiger partial charge in [0.1, 0.15) is 5.60 Å². The van der Waals surface area contributed by atoms with E-state index >= 15 is 0 Å². The Bertz CT molecular complexity index is 420. The quantitative estimate of drug-likeness (QED) is 0.753. The highest BCUT2D eigenvalue weighted by atomic mass is 16.6. The van der Waals surface area contributed by atoms with Crippen LogP contribution in [0.2, 0.25) is 0 Å². The minimum Gasteiger partial charge on any atom is -0.444 e. The standard InChI is InChI=1S/C12H19N3O2/c1-8-9-7-13-14-10(9)5-6-15(8)11(16)17-12(2,3)4/h7-8H,5-6H2,1-4H3,(H,13,14)/t8-/m0/s1. The number of H-pyrrole nitrogens is 1. The van der Waals surface area contributed by atoms with Gasteiger partial charge in [-0.3, -0.25) is 5.10 Å². The molecule has 0 radical (unpaired) electrons. The lowest BCUT2D eigenvalue weighted by Crippen LogP contribution is -2.41. The molecule has 0 spiro atoms. The molecule has 0 fully saturated rings. The number of carbonyl (C=O) groups excluding carboxylic acids is 1. The number of ether oxygens (including phenoxy) is 1. The first-order valence-electron chi connectivity index (χ1n) is 5.90. The third-order valence-corrected chi connectivity index (χ3v) is 2.89. The van der Waals surface area contributed by atoms with Gasteiger partial charge >= 0.3 is 6.09 Å². The molecule has 0 saturated carbocycles. The summed E-state index contributed by atoms with van der Waals surface area (Å²) in [6, 6.07) is 0.0207. The van der Waals surface area contributed by atoms with E-state index in [-0.39, 0.29) is 12.1 Å². The zero-order valence-corrected chi connectivity index (χ0v) is 10.8. The molecule has 0 aliphatic carbocycles. The average Bonchev–Trinajstić information content (AvgIpc) is 2.63. The highest BCUT2D eigenvalue weighted by Gasteiger charge is 2.31. The zero-order chi connectivity index (χ0) is 12.6. The molecule has 0 saturated heterocycles. The van der Waals surface area contributed by atoms with Crippen LogP contribution in [0.5, 0.6) is 0 Å². The molecular weight excluding hydrogens is 218 g/mol. The van der Waals surface area contributed by atoms with Crippen molar-refractivity contribution >= 4 is 6.09 Å². The van der Waals surface area contributed by atoms with E-state index in [1.165, 1.54) is 0 Å². The molecule has 2 heterocycles. The monoisotopic (exact) mass is 237 g/mol. The number of amides is 1. The van der Waals surface area contributed by atoms with Gasteiger partial charge in [0.25, 0.3) is 0 Å². The molecule has 1 amide bonds. The molecule has 1 aromatic rings. The van der Waals surface area contributed by atoms with Crippen molar-refractivity contribution in [2.45, 2.75) is 45.8 Å². The van der Waals surface area contributed by atoms with Crippen LogP contribution in [0.25, 0.3) is 0 Å². The molecule has 17 heavy (non-hydrogen) atoms. The second-order valence-corrected chi connectivity index (χ2v) is 5.39. The van der Waals surface area contributed by atoms with E-state index in [2.05, 4.69) is 10.2 Å². The third kappa shape index (κ3) is 2.43. The van der Waals surface area contributed by atoms with E-state index in [4.69, 9.17) is 4.74 Å². The molecular formula is C12H19N3O2. The van der Waals surface area contributed by atoms with Gasteiger partial charge in [-0.2, -0.15) is 5.10 Å². The lowest BCUT2D eigenvalue weighted by atomic mass is 10.0. The van der Waals surface area contributed by atoms with E-state index < -0.39 is 5.60 Å². The maximum atomic E-state index is 12.0. The molecule has 1 aliphatic heterocycles. The molecule has 1 atom stereocenters. The fourth-order valence-corrected chi connectivity index (χ4v) is 2.05. The Balaban J connectivity index is 2.12. The molecule has 1 aromatic heterocycles. The Kier molecular flexibility index (Phi) is 2.85. The van der Waals surface area contributed by atoms with Gasteiger partial charge in [0.2, 0.25) is 0 Å². The maximum Gasteiger partial charge on any atom is 0.410 e. The molecule has 0 aromatic carbocycles. The Morgan fingerprint density at radius 1 is 1.59 bits per heavy atom. The van der Waals surface area contributed by atoms with Crippen molar-refractivity contribution in [2.75, 3.05) is 6.54 Å². The van der Waals surface area contributed by atoms with Crippen LogP contribution in [0.3, 0.4) is 0 Å². The molecule has 1 aliphatic rings. The molecule has 0 bridgehead atoms. The Morgan fingerprint density at radius 2 is 2.29 bits per heavy atom. The third-order valence-electron chi connectivity index (χ3n) is 2.89. The second-order valence-electron chi connectivity index (χ2n) is 5.39. The minimum atomic E-state index is -0.451. The summed E-state index contributed by atoms with van der Waals surface area (Å²) in [7, 11) is 0.